The van der Waals surface area contributed by atoms with Gasteiger partial charge in [0.15, 0.2) is 0 Å². The predicted molar refractivity (Wildman–Crippen MR) is 84.8 cm³/mol. The fourth-order valence-corrected chi connectivity index (χ4v) is 3.11. The van der Waals surface area contributed by atoms with Gasteiger partial charge in [0, 0.05) is 18.1 Å². The van der Waals surface area contributed by atoms with E-state index in [0.29, 0.717) is 5.92 Å². The second-order valence-electron chi connectivity index (χ2n) is 6.02. The number of para-hydroxylation sites is 1. The van der Waals surface area contributed by atoms with Gasteiger partial charge in [-0.2, -0.15) is 0 Å². The Labute approximate surface area is 126 Å². The SMILES string of the molecule is Cc1ccc(CC(CO)CC2COc3ccccc32)cc1. The van der Waals surface area contributed by atoms with Crippen molar-refractivity contribution in [3.63, 3.8) is 0 Å². The number of aliphatic hydroxyl groups is 1. The summed E-state index contributed by atoms with van der Waals surface area (Å²) in [5.74, 6) is 1.70. The first-order valence-corrected chi connectivity index (χ1v) is 7.64. The van der Waals surface area contributed by atoms with Crippen LogP contribution in [0.5, 0.6) is 5.75 Å². The van der Waals surface area contributed by atoms with E-state index in [2.05, 4.69) is 43.3 Å². The first-order chi connectivity index (χ1) is 10.3. The Kier molecular flexibility index (Phi) is 4.26. The van der Waals surface area contributed by atoms with Crippen LogP contribution in [0, 0.1) is 12.8 Å². The van der Waals surface area contributed by atoms with Crippen molar-refractivity contribution in [1.82, 2.24) is 0 Å². The van der Waals surface area contributed by atoms with Gasteiger partial charge < -0.3 is 9.84 Å². The summed E-state index contributed by atoms with van der Waals surface area (Å²) < 4.78 is 5.74. The Hall–Kier alpha value is -1.80. The van der Waals surface area contributed by atoms with E-state index in [0.717, 1.165) is 25.2 Å². The minimum Gasteiger partial charge on any atom is -0.493 e. The lowest BCUT2D eigenvalue weighted by molar-refractivity contribution is 0.203. The minimum atomic E-state index is 0.229. The molecule has 1 aliphatic heterocycles. The van der Waals surface area contributed by atoms with Crippen LogP contribution >= 0.6 is 0 Å². The lowest BCUT2D eigenvalue weighted by Crippen LogP contribution is -2.15. The highest BCUT2D eigenvalue weighted by Crippen LogP contribution is 2.37. The fraction of sp³-hybridized carbons (Fsp3) is 0.368. The summed E-state index contributed by atoms with van der Waals surface area (Å²) in [6.07, 6.45) is 1.90. The van der Waals surface area contributed by atoms with Gasteiger partial charge in [-0.3, -0.25) is 0 Å². The van der Waals surface area contributed by atoms with Gasteiger partial charge >= 0.3 is 0 Å². The molecule has 2 aromatic carbocycles. The second-order valence-corrected chi connectivity index (χ2v) is 6.02. The Balaban J connectivity index is 1.67. The Morgan fingerprint density at radius 3 is 2.67 bits per heavy atom. The van der Waals surface area contributed by atoms with Crippen LogP contribution in [0.2, 0.25) is 0 Å². The highest BCUT2D eigenvalue weighted by atomic mass is 16.5. The average molecular weight is 282 g/mol. The molecule has 3 rings (SSSR count). The van der Waals surface area contributed by atoms with Gasteiger partial charge in [-0.25, -0.2) is 0 Å². The summed E-state index contributed by atoms with van der Waals surface area (Å²) in [5.41, 5.74) is 3.86. The molecular weight excluding hydrogens is 260 g/mol. The predicted octanol–water partition coefficient (Wildman–Crippen LogP) is 3.71. The third-order valence-electron chi connectivity index (χ3n) is 4.32. The number of ether oxygens (including phenoxy) is 1. The van der Waals surface area contributed by atoms with Gasteiger partial charge in [0.1, 0.15) is 5.75 Å². The molecule has 2 atom stereocenters. The van der Waals surface area contributed by atoms with Crippen LogP contribution in [0.4, 0.5) is 0 Å². The highest BCUT2D eigenvalue weighted by Gasteiger charge is 2.26. The molecule has 0 bridgehead atoms. The van der Waals surface area contributed by atoms with Gasteiger partial charge in [-0.15, -0.1) is 0 Å². The van der Waals surface area contributed by atoms with Crippen molar-refractivity contribution in [2.24, 2.45) is 5.92 Å². The number of aliphatic hydroxyl groups excluding tert-OH is 1. The number of aryl methyl sites for hydroxylation is 1. The molecule has 0 saturated heterocycles. The van der Waals surface area contributed by atoms with Crippen LogP contribution in [0.15, 0.2) is 48.5 Å². The monoisotopic (exact) mass is 282 g/mol. The molecule has 0 saturated carbocycles. The minimum absolute atomic E-state index is 0.229. The first-order valence-electron chi connectivity index (χ1n) is 7.64. The summed E-state index contributed by atoms with van der Waals surface area (Å²) in [6, 6.07) is 16.9. The van der Waals surface area contributed by atoms with Crippen molar-refractivity contribution in [2.75, 3.05) is 13.2 Å². The normalized spacial score (nSPS) is 18.1. The van der Waals surface area contributed by atoms with E-state index in [4.69, 9.17) is 4.74 Å². The summed E-state index contributed by atoms with van der Waals surface area (Å²) in [7, 11) is 0. The lowest BCUT2D eigenvalue weighted by Gasteiger charge is -2.18. The smallest absolute Gasteiger partial charge is 0.122 e. The quantitative estimate of drug-likeness (QED) is 0.906. The van der Waals surface area contributed by atoms with Crippen LogP contribution in [-0.4, -0.2) is 18.3 Å². The van der Waals surface area contributed by atoms with Crippen molar-refractivity contribution >= 4 is 0 Å². The van der Waals surface area contributed by atoms with Crippen LogP contribution < -0.4 is 4.74 Å². The van der Waals surface area contributed by atoms with E-state index < -0.39 is 0 Å². The Bertz CT molecular complexity index is 589. The Morgan fingerprint density at radius 1 is 1.14 bits per heavy atom. The average Bonchev–Trinajstić information content (AvgIpc) is 2.92. The molecule has 1 heterocycles. The molecule has 2 unspecified atom stereocenters. The maximum absolute atomic E-state index is 9.71. The second kappa shape index (κ2) is 6.31. The summed E-state index contributed by atoms with van der Waals surface area (Å²) in [4.78, 5) is 0. The van der Waals surface area contributed by atoms with Gasteiger partial charge in [0.05, 0.1) is 6.61 Å². The van der Waals surface area contributed by atoms with Crippen molar-refractivity contribution in [1.29, 1.82) is 0 Å². The van der Waals surface area contributed by atoms with E-state index in [1.807, 2.05) is 12.1 Å². The van der Waals surface area contributed by atoms with E-state index >= 15 is 0 Å². The molecule has 110 valence electrons. The molecule has 0 amide bonds. The third kappa shape index (κ3) is 3.27. The number of fused-ring (bicyclic) bond motifs is 1. The summed E-state index contributed by atoms with van der Waals surface area (Å²) >= 11 is 0. The standard InChI is InChI=1S/C19H22O2/c1-14-6-8-15(9-7-14)10-16(12-20)11-17-13-21-19-5-3-2-4-18(17)19/h2-9,16-17,20H,10-13H2,1H3. The molecule has 0 aromatic heterocycles. The highest BCUT2D eigenvalue weighted by molar-refractivity contribution is 5.39. The number of hydrogen-bond acceptors (Lipinski definition) is 2. The summed E-state index contributed by atoms with van der Waals surface area (Å²) in [6.45, 7) is 3.07. The van der Waals surface area contributed by atoms with E-state index in [-0.39, 0.29) is 12.5 Å². The van der Waals surface area contributed by atoms with Gasteiger partial charge in [0.2, 0.25) is 0 Å². The maximum Gasteiger partial charge on any atom is 0.122 e. The van der Waals surface area contributed by atoms with E-state index in [9.17, 15) is 5.11 Å². The van der Waals surface area contributed by atoms with Gasteiger partial charge in [-0.1, -0.05) is 48.0 Å². The van der Waals surface area contributed by atoms with Crippen molar-refractivity contribution in [2.45, 2.75) is 25.7 Å². The lowest BCUT2D eigenvalue weighted by atomic mass is 9.87. The fourth-order valence-electron chi connectivity index (χ4n) is 3.11. The molecule has 2 nitrogen and oxygen atoms in total. The largest absolute Gasteiger partial charge is 0.493 e. The third-order valence-corrected chi connectivity index (χ3v) is 4.32. The molecule has 1 N–H and O–H groups in total. The molecule has 0 aliphatic carbocycles. The topological polar surface area (TPSA) is 29.5 Å². The Morgan fingerprint density at radius 2 is 1.90 bits per heavy atom. The molecule has 0 spiro atoms. The van der Waals surface area contributed by atoms with Crippen LogP contribution in [0.1, 0.15) is 29.0 Å². The number of hydrogen-bond donors (Lipinski definition) is 1. The van der Waals surface area contributed by atoms with E-state index in [1.54, 1.807) is 0 Å². The molecule has 2 heteroatoms. The van der Waals surface area contributed by atoms with Crippen molar-refractivity contribution in [3.8, 4) is 5.75 Å². The molecular formula is C19H22O2. The van der Waals surface area contributed by atoms with Crippen molar-refractivity contribution < 1.29 is 9.84 Å². The molecule has 21 heavy (non-hydrogen) atoms. The van der Waals surface area contributed by atoms with Crippen LogP contribution in [0.25, 0.3) is 0 Å². The van der Waals surface area contributed by atoms with E-state index in [1.165, 1.54) is 16.7 Å². The zero-order valence-electron chi connectivity index (χ0n) is 12.5. The number of benzene rings is 2. The molecule has 2 aromatic rings. The van der Waals surface area contributed by atoms with Gasteiger partial charge in [0.25, 0.3) is 0 Å². The molecule has 0 fully saturated rings. The summed E-state index contributed by atoms with van der Waals surface area (Å²) in [5, 5.41) is 9.71. The molecule has 1 aliphatic rings. The number of rotatable bonds is 5. The van der Waals surface area contributed by atoms with Gasteiger partial charge in [-0.05, 0) is 37.3 Å². The maximum atomic E-state index is 9.71. The molecule has 0 radical (unpaired) electrons. The van der Waals surface area contributed by atoms with Crippen molar-refractivity contribution in [3.05, 3.63) is 65.2 Å². The zero-order chi connectivity index (χ0) is 14.7. The van der Waals surface area contributed by atoms with Crippen LogP contribution in [-0.2, 0) is 6.42 Å². The zero-order valence-corrected chi connectivity index (χ0v) is 12.5. The first kappa shape index (κ1) is 14.2. The van der Waals surface area contributed by atoms with Crippen LogP contribution in [0.3, 0.4) is 0 Å².